The molecule has 2 aromatic heterocycles. The van der Waals surface area contributed by atoms with Crippen LogP contribution < -0.4 is 5.32 Å². The highest BCUT2D eigenvalue weighted by Gasteiger charge is 2.25. The molecule has 3 aromatic rings. The molecule has 1 aliphatic rings. The number of benzene rings is 1. The van der Waals surface area contributed by atoms with Gasteiger partial charge in [-0.3, -0.25) is 14.4 Å². The zero-order chi connectivity index (χ0) is 22.5. The van der Waals surface area contributed by atoms with Gasteiger partial charge in [0.1, 0.15) is 0 Å². The van der Waals surface area contributed by atoms with Crippen molar-refractivity contribution >= 4 is 46.5 Å². The van der Waals surface area contributed by atoms with Gasteiger partial charge in [0.15, 0.2) is 5.16 Å². The van der Waals surface area contributed by atoms with Crippen molar-refractivity contribution in [2.75, 3.05) is 37.2 Å². The van der Waals surface area contributed by atoms with Crippen LogP contribution in [-0.4, -0.2) is 69.0 Å². The van der Waals surface area contributed by atoms with Crippen molar-refractivity contribution in [3.63, 3.8) is 0 Å². The number of nitrogens with zero attached hydrogens (tertiary/aromatic N) is 4. The second kappa shape index (κ2) is 10.0. The molecule has 0 aliphatic carbocycles. The first-order valence-electron chi connectivity index (χ1n) is 10.1. The summed E-state index contributed by atoms with van der Waals surface area (Å²) in [5.74, 6) is 0.0633. The number of anilines is 1. The molecule has 0 unspecified atom stereocenters. The number of aromatic nitrogens is 2. The number of rotatable bonds is 6. The van der Waals surface area contributed by atoms with Crippen molar-refractivity contribution in [3.8, 4) is 0 Å². The maximum atomic E-state index is 12.8. The van der Waals surface area contributed by atoms with Crippen molar-refractivity contribution in [1.29, 1.82) is 0 Å². The molecule has 1 aromatic carbocycles. The normalized spacial score (nSPS) is 13.8. The maximum Gasteiger partial charge on any atom is 0.264 e. The number of carbonyl (C=O) groups is 3. The lowest BCUT2D eigenvalue weighted by Crippen LogP contribution is -2.50. The third-order valence-corrected chi connectivity index (χ3v) is 7.03. The van der Waals surface area contributed by atoms with Crippen LogP contribution in [0.25, 0.3) is 0 Å². The van der Waals surface area contributed by atoms with Crippen LogP contribution in [-0.2, 0) is 11.8 Å². The van der Waals surface area contributed by atoms with Crippen LogP contribution in [0.3, 0.4) is 0 Å². The Morgan fingerprint density at radius 3 is 2.31 bits per heavy atom. The number of nitrogens with one attached hydrogen (secondary N) is 1. The highest BCUT2D eigenvalue weighted by Crippen LogP contribution is 2.18. The van der Waals surface area contributed by atoms with Gasteiger partial charge < -0.3 is 19.7 Å². The van der Waals surface area contributed by atoms with E-state index in [9.17, 15) is 14.4 Å². The summed E-state index contributed by atoms with van der Waals surface area (Å²) < 4.78 is 1.86. The molecule has 4 rings (SSSR count). The van der Waals surface area contributed by atoms with E-state index in [0.29, 0.717) is 37.4 Å². The number of amides is 3. The number of aryl methyl sites for hydroxylation is 1. The summed E-state index contributed by atoms with van der Waals surface area (Å²) in [6, 6.07) is 10.6. The Balaban J connectivity index is 1.26. The van der Waals surface area contributed by atoms with Gasteiger partial charge >= 0.3 is 0 Å². The second-order valence-electron chi connectivity index (χ2n) is 7.30. The highest BCUT2D eigenvalue weighted by molar-refractivity contribution is 7.99. The van der Waals surface area contributed by atoms with E-state index in [1.807, 2.05) is 35.3 Å². The molecular formula is C22H23N5O3S2. The largest absolute Gasteiger partial charge is 0.335 e. The maximum absolute atomic E-state index is 12.8. The average molecular weight is 470 g/mol. The number of imidazole rings is 1. The molecule has 8 nitrogen and oxygen atoms in total. The van der Waals surface area contributed by atoms with Gasteiger partial charge in [0, 0.05) is 56.9 Å². The molecule has 10 heteroatoms. The minimum atomic E-state index is -0.136. The lowest BCUT2D eigenvalue weighted by atomic mass is 10.1. The van der Waals surface area contributed by atoms with Crippen LogP contribution in [0.15, 0.2) is 59.3 Å². The number of thiophene rings is 1. The van der Waals surface area contributed by atoms with Crippen molar-refractivity contribution in [1.82, 2.24) is 19.4 Å². The van der Waals surface area contributed by atoms with E-state index in [4.69, 9.17) is 0 Å². The Morgan fingerprint density at radius 2 is 1.72 bits per heavy atom. The van der Waals surface area contributed by atoms with Crippen LogP contribution in [0.4, 0.5) is 5.69 Å². The van der Waals surface area contributed by atoms with Gasteiger partial charge in [0.25, 0.3) is 11.8 Å². The molecule has 166 valence electrons. The summed E-state index contributed by atoms with van der Waals surface area (Å²) >= 11 is 2.79. The van der Waals surface area contributed by atoms with Gasteiger partial charge in [-0.05, 0) is 35.7 Å². The Bertz CT molecular complexity index is 1090. The molecule has 0 saturated carbocycles. The standard InChI is InChI=1S/C22H23N5O3S2/c1-25-9-8-23-22(25)32-15-19(28)24-17-6-4-16(5-7-17)20(29)26-10-12-27(13-11-26)21(30)18-3-2-14-31-18/h2-9,14H,10-13,15H2,1H3,(H,24,28). The Hall–Kier alpha value is -3.11. The highest BCUT2D eigenvalue weighted by atomic mass is 32.2. The van der Waals surface area contributed by atoms with Crippen LogP contribution in [0.1, 0.15) is 20.0 Å². The molecule has 0 radical (unpaired) electrons. The first-order chi connectivity index (χ1) is 15.5. The Kier molecular flexibility index (Phi) is 6.91. The van der Waals surface area contributed by atoms with Gasteiger partial charge in [-0.1, -0.05) is 17.8 Å². The smallest absolute Gasteiger partial charge is 0.264 e. The van der Waals surface area contributed by atoms with Crippen molar-refractivity contribution < 1.29 is 14.4 Å². The Morgan fingerprint density at radius 1 is 1.03 bits per heavy atom. The number of thioether (sulfide) groups is 1. The van der Waals surface area contributed by atoms with E-state index in [1.54, 1.807) is 40.3 Å². The lowest BCUT2D eigenvalue weighted by molar-refractivity contribution is -0.113. The quantitative estimate of drug-likeness (QED) is 0.561. The predicted octanol–water partition coefficient (Wildman–Crippen LogP) is 2.81. The first-order valence-corrected chi connectivity index (χ1v) is 12.0. The number of piperazine rings is 1. The summed E-state index contributed by atoms with van der Waals surface area (Å²) in [4.78, 5) is 45.9. The van der Waals surface area contributed by atoms with Crippen LogP contribution >= 0.6 is 23.1 Å². The minimum absolute atomic E-state index is 0.0215. The van der Waals surface area contributed by atoms with Gasteiger partial charge in [-0.15, -0.1) is 11.3 Å². The average Bonchev–Trinajstić information content (AvgIpc) is 3.49. The summed E-state index contributed by atoms with van der Waals surface area (Å²) in [5, 5.41) is 5.50. The zero-order valence-electron chi connectivity index (χ0n) is 17.6. The molecular weight excluding hydrogens is 446 g/mol. The van der Waals surface area contributed by atoms with Crippen molar-refractivity contribution in [2.24, 2.45) is 7.05 Å². The molecule has 0 spiro atoms. The fourth-order valence-electron chi connectivity index (χ4n) is 3.37. The Labute approximate surface area is 194 Å². The minimum Gasteiger partial charge on any atom is -0.335 e. The molecule has 1 saturated heterocycles. The summed E-state index contributed by atoms with van der Waals surface area (Å²) in [7, 11) is 1.88. The summed E-state index contributed by atoms with van der Waals surface area (Å²) in [6.45, 7) is 2.03. The molecule has 3 amide bonds. The molecule has 0 atom stereocenters. The number of hydrogen-bond acceptors (Lipinski definition) is 6. The molecule has 0 bridgehead atoms. The summed E-state index contributed by atoms with van der Waals surface area (Å²) in [5.41, 5.74) is 1.20. The van der Waals surface area contributed by atoms with Crippen LogP contribution in [0.5, 0.6) is 0 Å². The van der Waals surface area contributed by atoms with Gasteiger partial charge in [0.2, 0.25) is 5.91 Å². The van der Waals surface area contributed by atoms with E-state index in [0.717, 1.165) is 10.0 Å². The van der Waals surface area contributed by atoms with Crippen molar-refractivity contribution in [2.45, 2.75) is 5.16 Å². The fourth-order valence-corrected chi connectivity index (χ4v) is 4.79. The van der Waals surface area contributed by atoms with Crippen LogP contribution in [0, 0.1) is 0 Å². The van der Waals surface area contributed by atoms with E-state index < -0.39 is 0 Å². The molecule has 1 aliphatic heterocycles. The molecule has 1 fully saturated rings. The first kappa shape index (κ1) is 22.1. The van der Waals surface area contributed by atoms with E-state index in [-0.39, 0.29) is 23.5 Å². The molecule has 3 heterocycles. The zero-order valence-corrected chi connectivity index (χ0v) is 19.2. The lowest BCUT2D eigenvalue weighted by Gasteiger charge is -2.34. The second-order valence-corrected chi connectivity index (χ2v) is 9.19. The molecule has 32 heavy (non-hydrogen) atoms. The predicted molar refractivity (Wildman–Crippen MR) is 125 cm³/mol. The van der Waals surface area contributed by atoms with Gasteiger partial charge in [0.05, 0.1) is 10.6 Å². The number of carbonyl (C=O) groups excluding carboxylic acids is 3. The number of hydrogen-bond donors (Lipinski definition) is 1. The molecule has 1 N–H and O–H groups in total. The van der Waals surface area contributed by atoms with Crippen LogP contribution in [0.2, 0.25) is 0 Å². The topological polar surface area (TPSA) is 87.5 Å². The van der Waals surface area contributed by atoms with E-state index in [1.165, 1.54) is 23.1 Å². The van der Waals surface area contributed by atoms with Gasteiger partial charge in [-0.25, -0.2) is 4.98 Å². The third kappa shape index (κ3) is 5.20. The van der Waals surface area contributed by atoms with E-state index in [2.05, 4.69) is 10.3 Å². The van der Waals surface area contributed by atoms with Crippen molar-refractivity contribution in [3.05, 3.63) is 64.6 Å². The van der Waals surface area contributed by atoms with Gasteiger partial charge in [-0.2, -0.15) is 0 Å². The SMILES string of the molecule is Cn1ccnc1SCC(=O)Nc1ccc(C(=O)N2CCN(C(=O)c3cccs3)CC2)cc1. The fraction of sp³-hybridized carbons (Fsp3) is 0.273. The van der Waals surface area contributed by atoms with E-state index >= 15 is 0 Å². The summed E-state index contributed by atoms with van der Waals surface area (Å²) in [6.07, 6.45) is 3.52. The third-order valence-electron chi connectivity index (χ3n) is 5.11. The monoisotopic (exact) mass is 469 g/mol.